The van der Waals surface area contributed by atoms with E-state index in [-0.39, 0.29) is 29.0 Å². The van der Waals surface area contributed by atoms with Crippen LogP contribution in [0.15, 0.2) is 0 Å². The van der Waals surface area contributed by atoms with Gasteiger partial charge in [0, 0.05) is 30.6 Å². The zero-order valence-corrected chi connectivity index (χ0v) is 40.9. The van der Waals surface area contributed by atoms with Gasteiger partial charge in [0.2, 0.25) is 0 Å². The van der Waals surface area contributed by atoms with Crippen molar-refractivity contribution in [2.45, 2.75) is 209 Å². The number of nitrogens with zero attached hydrogens (tertiary/aromatic N) is 2. The third-order valence-electron chi connectivity index (χ3n) is 23.2. The molecular weight excluding hydrogens is 765 g/mol. The number of carbonyl (C=O) groups is 1. The van der Waals surface area contributed by atoms with Gasteiger partial charge in [-0.1, -0.05) is 81.6 Å². The van der Waals surface area contributed by atoms with Gasteiger partial charge in [-0.25, -0.2) is 0 Å². The second-order valence-electron chi connectivity index (χ2n) is 26.3. The van der Waals surface area contributed by atoms with Crippen molar-refractivity contribution in [2.75, 3.05) is 6.61 Å². The average molecular weight is 851 g/mol. The zero-order chi connectivity index (χ0) is 43.3. The monoisotopic (exact) mass is 851 g/mol. The maximum Gasteiger partial charge on any atom is 0.302 e. The molecule has 1 aromatic rings. The van der Waals surface area contributed by atoms with Crippen molar-refractivity contribution in [3.8, 4) is 0 Å². The highest BCUT2D eigenvalue weighted by molar-refractivity contribution is 5.66. The standard InChI is InChI=1S/C56H86N2O4/c1-31(2)12-11-13-33(4)40-18-19-41-38-16-14-36-24-45-47(28-53(36,8)42(38)21-22-52(40,41)7)57-46-25-37-15-17-39-43(54(37,9)29-48(46)58-45)27-50(61-35(6)59)55(10)44(39)26-49-51(55)34(5)56(62-49)23-20-32(3)30-60-56/h31-34,36-44,49-51H,11-30H2,1-10H3/t32?,33?,34?,36?,37?,38-,39+,40+,41?,42?,43?,44?,49-,50+,51-,52+,53-,54-,55+,56?/m0/s1. The number of esters is 1. The van der Waals surface area contributed by atoms with Crippen LogP contribution in [0.25, 0.3) is 0 Å². The molecule has 6 heteroatoms. The summed E-state index contributed by atoms with van der Waals surface area (Å²) >= 11 is 0. The Bertz CT molecular complexity index is 1900. The Labute approximate surface area is 376 Å². The van der Waals surface area contributed by atoms with Crippen LogP contribution in [0.4, 0.5) is 0 Å². The van der Waals surface area contributed by atoms with E-state index in [1.807, 2.05) is 0 Å². The van der Waals surface area contributed by atoms with E-state index in [1.165, 1.54) is 93.4 Å². The molecule has 6 nitrogen and oxygen atoms in total. The van der Waals surface area contributed by atoms with Crippen LogP contribution in [0.2, 0.25) is 0 Å². The molecule has 20 atom stereocenters. The molecule has 0 amide bonds. The van der Waals surface area contributed by atoms with Gasteiger partial charge in [-0.05, 0) is 184 Å². The number of fused-ring (bicyclic) bond motifs is 14. The smallest absolute Gasteiger partial charge is 0.302 e. The number of ether oxygens (including phenoxy) is 3. The van der Waals surface area contributed by atoms with Crippen LogP contribution < -0.4 is 0 Å². The Morgan fingerprint density at radius 3 is 2.00 bits per heavy atom. The zero-order valence-electron chi connectivity index (χ0n) is 40.9. The quantitative estimate of drug-likeness (QED) is 0.266. The van der Waals surface area contributed by atoms with Crippen molar-refractivity contribution in [3.05, 3.63) is 22.8 Å². The van der Waals surface area contributed by atoms with Gasteiger partial charge in [-0.2, -0.15) is 0 Å². The SMILES string of the molecule is CC(=O)O[C@@H]1CC2[C@@H](CCC3Cc4nc5c(nc4C[C@@]32C)CC2CC[C@@H]3C(CC[C@@]4(C)C3CC[C@@H]4C(C)CCCC(C)C)[C@@]2(C)C5)C2C[C@@H]3OC4(CCC(C)CO4)C(C)[C@@H]3[C@]21C. The first kappa shape index (κ1) is 43.1. The number of rotatable bonds is 6. The van der Waals surface area contributed by atoms with Crippen LogP contribution in [0.3, 0.4) is 0 Å². The minimum Gasteiger partial charge on any atom is -0.462 e. The maximum absolute atomic E-state index is 13.0. The van der Waals surface area contributed by atoms with Crippen molar-refractivity contribution >= 4 is 5.97 Å². The fourth-order valence-corrected chi connectivity index (χ4v) is 20.0. The predicted molar refractivity (Wildman–Crippen MR) is 245 cm³/mol. The van der Waals surface area contributed by atoms with Crippen molar-refractivity contribution in [1.29, 1.82) is 0 Å². The molecule has 8 fully saturated rings. The van der Waals surface area contributed by atoms with Gasteiger partial charge in [-0.15, -0.1) is 0 Å². The van der Waals surface area contributed by atoms with Gasteiger partial charge in [-0.3, -0.25) is 14.8 Å². The second-order valence-corrected chi connectivity index (χ2v) is 26.3. The highest BCUT2D eigenvalue weighted by atomic mass is 16.7. The molecule has 2 aliphatic heterocycles. The minimum absolute atomic E-state index is 0.0877. The molecule has 6 saturated carbocycles. The Kier molecular flexibility index (Phi) is 10.4. The Hall–Kier alpha value is -1.53. The normalized spacial score (nSPS) is 51.5. The number of carbonyl (C=O) groups excluding carboxylic acids is 1. The first-order valence-corrected chi connectivity index (χ1v) is 26.8. The summed E-state index contributed by atoms with van der Waals surface area (Å²) < 4.78 is 20.4. The highest BCUT2D eigenvalue weighted by Crippen LogP contribution is 2.72. The highest BCUT2D eigenvalue weighted by Gasteiger charge is 2.73. The molecule has 10 aliphatic rings. The van der Waals surface area contributed by atoms with Gasteiger partial charge < -0.3 is 14.2 Å². The number of hydrogen-bond donors (Lipinski definition) is 0. The van der Waals surface area contributed by atoms with E-state index in [4.69, 9.17) is 24.2 Å². The molecule has 0 bridgehead atoms. The molecule has 0 radical (unpaired) electrons. The van der Waals surface area contributed by atoms with Crippen molar-refractivity contribution in [2.24, 2.45) is 105 Å². The van der Waals surface area contributed by atoms with Crippen LogP contribution in [0.5, 0.6) is 0 Å². The van der Waals surface area contributed by atoms with Crippen molar-refractivity contribution < 1.29 is 19.0 Å². The van der Waals surface area contributed by atoms with Crippen molar-refractivity contribution in [1.82, 2.24) is 9.97 Å². The molecule has 1 aromatic heterocycles. The van der Waals surface area contributed by atoms with E-state index < -0.39 is 5.79 Å². The summed E-state index contributed by atoms with van der Waals surface area (Å²) in [7, 11) is 0. The third-order valence-corrected chi connectivity index (χ3v) is 23.2. The molecule has 11 rings (SSSR count). The van der Waals surface area contributed by atoms with E-state index in [0.29, 0.717) is 52.3 Å². The molecule has 10 unspecified atom stereocenters. The molecule has 344 valence electrons. The lowest BCUT2D eigenvalue weighted by atomic mass is 9.43. The summed E-state index contributed by atoms with van der Waals surface area (Å²) in [5, 5.41) is 0. The lowest BCUT2D eigenvalue weighted by Gasteiger charge is -2.62. The third kappa shape index (κ3) is 6.20. The van der Waals surface area contributed by atoms with Crippen LogP contribution in [0, 0.1) is 105 Å². The minimum atomic E-state index is -0.471. The maximum atomic E-state index is 13.0. The summed E-state index contributed by atoms with van der Waals surface area (Å²) in [5.41, 5.74) is 6.31. The van der Waals surface area contributed by atoms with Crippen molar-refractivity contribution in [3.63, 3.8) is 0 Å². The molecule has 1 spiro atoms. The summed E-state index contributed by atoms with van der Waals surface area (Å²) in [5.74, 6) is 8.90. The summed E-state index contributed by atoms with van der Waals surface area (Å²) in [6.07, 6.45) is 24.1. The summed E-state index contributed by atoms with van der Waals surface area (Å²) in [6.45, 7) is 25.2. The van der Waals surface area contributed by atoms with E-state index in [9.17, 15) is 4.79 Å². The molecule has 0 aromatic carbocycles. The topological polar surface area (TPSA) is 70.5 Å². The summed E-state index contributed by atoms with van der Waals surface area (Å²) in [4.78, 5) is 24.5. The van der Waals surface area contributed by atoms with Gasteiger partial charge >= 0.3 is 5.97 Å². The second kappa shape index (κ2) is 15.0. The largest absolute Gasteiger partial charge is 0.462 e. The van der Waals surface area contributed by atoms with E-state index in [1.54, 1.807) is 6.92 Å². The Balaban J connectivity index is 0.828. The average Bonchev–Trinajstić information content (AvgIpc) is 3.82. The Morgan fingerprint density at radius 2 is 1.37 bits per heavy atom. The van der Waals surface area contributed by atoms with Gasteiger partial charge in [0.25, 0.3) is 0 Å². The lowest BCUT2D eigenvalue weighted by Crippen LogP contribution is -2.60. The molecule has 2 saturated heterocycles. The predicted octanol–water partition coefficient (Wildman–Crippen LogP) is 12.4. The van der Waals surface area contributed by atoms with Crippen LogP contribution in [0.1, 0.15) is 188 Å². The van der Waals surface area contributed by atoms with Gasteiger partial charge in [0.05, 0.1) is 35.5 Å². The summed E-state index contributed by atoms with van der Waals surface area (Å²) in [6, 6.07) is 0. The Morgan fingerprint density at radius 1 is 0.726 bits per heavy atom. The van der Waals surface area contributed by atoms with Crippen LogP contribution >= 0.6 is 0 Å². The van der Waals surface area contributed by atoms with Crippen LogP contribution in [-0.2, 0) is 44.7 Å². The van der Waals surface area contributed by atoms with E-state index in [0.717, 1.165) is 99.4 Å². The van der Waals surface area contributed by atoms with E-state index >= 15 is 0 Å². The molecule has 0 N–H and O–H groups in total. The number of aromatic nitrogens is 2. The molecule has 62 heavy (non-hydrogen) atoms. The molecular formula is C56H86N2O4. The molecule has 8 aliphatic carbocycles. The fraction of sp³-hybridized carbons (Fsp3) is 0.911. The first-order valence-electron chi connectivity index (χ1n) is 26.8. The lowest BCUT2D eigenvalue weighted by molar-refractivity contribution is -0.274. The number of hydrogen-bond acceptors (Lipinski definition) is 6. The van der Waals surface area contributed by atoms with Gasteiger partial charge in [0.15, 0.2) is 5.79 Å². The fourth-order valence-electron chi connectivity index (χ4n) is 20.0. The van der Waals surface area contributed by atoms with Gasteiger partial charge in [0.1, 0.15) is 6.10 Å². The first-order chi connectivity index (χ1) is 29.5. The van der Waals surface area contributed by atoms with E-state index in [2.05, 4.69) is 62.3 Å². The molecule has 3 heterocycles. The van der Waals surface area contributed by atoms with Crippen LogP contribution in [-0.4, -0.2) is 40.5 Å².